The highest BCUT2D eigenvalue weighted by Gasteiger charge is 2.40. The second-order valence-electron chi connectivity index (χ2n) is 27.9. The first-order chi connectivity index (χ1) is 63.2. The van der Waals surface area contributed by atoms with E-state index in [1.165, 1.54) is 68.4 Å². The SMILES string of the molecule is COc1cn(O)c2nccc-2c1C(=O)c1ncccc1NS(=O)(=O)c1ccc(Cl)c(C(F)(F)F)c1.Cc1cc(C(=O)c2ncc(Cl)cc2NS(=O)(=O)c2ccc(Cl)c(C(F)(F)F)c2)c2cc[nH]c2n1.Cc1cnc(C(=O)c2ncnc3[nH]ccc23)c(NS(=O)(=O)c2ccc(Cl)c(C(F)(F)F)c2)c1.O=C(c1ncc(Cl)cc1NS(=O)(=O)c1ccc(Cl)c(C(F)(F)F)c1)c1cncc2[nH]ccc12. The summed E-state index contributed by atoms with van der Waals surface area (Å²) in [5.74, 6) is -2.82. The van der Waals surface area contributed by atoms with Crippen LogP contribution in [0.5, 0.6) is 5.75 Å². The fourth-order valence-corrected chi connectivity index (χ4v) is 18.3. The van der Waals surface area contributed by atoms with Crippen LogP contribution in [0.4, 0.5) is 75.4 Å². The van der Waals surface area contributed by atoms with Gasteiger partial charge < -0.3 is 24.9 Å². The van der Waals surface area contributed by atoms with Crippen molar-refractivity contribution in [3.63, 3.8) is 0 Å². The number of nitrogens with one attached hydrogen (secondary N) is 7. The third-order valence-corrected chi connectivity index (χ3v) is 26.1. The number of carbonyl (C=O) groups is 4. The molecule has 16 rings (SSSR count). The molecule has 0 spiro atoms. The van der Waals surface area contributed by atoms with Crippen LogP contribution in [-0.4, -0.2) is 134 Å². The number of alkyl halides is 12. The molecule has 698 valence electrons. The quantitative estimate of drug-likeness (QED) is 0.0188. The number of ketones is 4. The van der Waals surface area contributed by atoms with Gasteiger partial charge in [-0.2, -0.15) is 57.4 Å². The van der Waals surface area contributed by atoms with E-state index in [4.69, 9.17) is 74.3 Å². The third-order valence-electron chi connectivity index (χ3n) is 18.9. The maximum absolute atomic E-state index is 13.5. The van der Waals surface area contributed by atoms with Gasteiger partial charge in [0.25, 0.3) is 40.1 Å². The Bertz CT molecular complexity index is 7690. The Labute approximate surface area is 781 Å². The van der Waals surface area contributed by atoms with Gasteiger partial charge in [-0.3, -0.25) is 53.0 Å². The number of ether oxygens (including phenoxy) is 1. The molecule has 0 bridgehead atoms. The molecule has 0 unspecified atom stereocenters. The van der Waals surface area contributed by atoms with Crippen molar-refractivity contribution in [1.82, 2.24) is 64.5 Å². The number of nitrogens with zero attached hydrogens (tertiary/aromatic N) is 10. The molecule has 2 aliphatic rings. The number of H-pyrrole nitrogens is 3. The first-order valence-corrected chi connectivity index (χ1v) is 45.3. The van der Waals surface area contributed by atoms with Gasteiger partial charge in [-0.15, -0.1) is 0 Å². The molecule has 12 heterocycles. The number of methoxy groups -OCH3 is 1. The van der Waals surface area contributed by atoms with Gasteiger partial charge in [-0.05, 0) is 153 Å². The molecule has 10 aromatic heterocycles. The van der Waals surface area contributed by atoms with E-state index in [2.05, 4.69) is 78.7 Å². The van der Waals surface area contributed by atoms with Crippen molar-refractivity contribution in [3.05, 3.63) is 317 Å². The summed E-state index contributed by atoms with van der Waals surface area (Å²) in [6, 6.07) is 22.5. The number of carbonyl (C=O) groups excluding carboxylic acids is 4. The fourth-order valence-electron chi connectivity index (χ4n) is 12.8. The van der Waals surface area contributed by atoms with Crippen LogP contribution >= 0.6 is 69.6 Å². The number of sulfonamides is 4. The normalized spacial score (nSPS) is 12.1. The predicted molar refractivity (Wildman–Crippen MR) is 468 cm³/mol. The number of aromatic nitrogens is 13. The maximum Gasteiger partial charge on any atom is 0.417 e. The number of aryl methyl sites for hydroxylation is 2. The van der Waals surface area contributed by atoms with Gasteiger partial charge in [0.05, 0.1) is 131 Å². The van der Waals surface area contributed by atoms with Crippen LogP contribution < -0.4 is 23.6 Å². The fraction of sp³-hybridized carbons (Fsp3) is 0.0854. The molecule has 8 N–H and O–H groups in total. The molecule has 0 atom stereocenters. The maximum atomic E-state index is 13.5. The molecule has 14 aromatic rings. The van der Waals surface area contributed by atoms with Crippen LogP contribution in [0.1, 0.15) is 97.8 Å². The Morgan fingerprint density at radius 1 is 0.415 bits per heavy atom. The summed E-state index contributed by atoms with van der Waals surface area (Å²) >= 11 is 34.2. The van der Waals surface area contributed by atoms with Crippen molar-refractivity contribution in [2.45, 2.75) is 58.1 Å². The van der Waals surface area contributed by atoms with Crippen molar-refractivity contribution < 1.29 is 115 Å². The molecule has 0 saturated carbocycles. The molecule has 0 aliphatic carbocycles. The standard InChI is InChI=1S/C21H13Cl2F3N4O3S.C21H14ClF3N4O5S.C20H11Cl2F3N4O3S.C20H13ClF3N5O3S/c1-10-6-14(13-4-5-27-20(13)29-10)19(31)18-17(7-11(22)9-28-18)30-34(32,33)12-2-3-16(23)15(8-12)21(24,25)26;1-34-16-10-29(31)20-12(6-8-27-20)17(16)19(30)18-15(3-2-7-26-18)28-35(32,33)11-4-5-14(22)13(9-11)21(23,24)25;21-10-5-16(29-33(31,32)11-1-2-15(22)14(6-11)20(23,24)25)18(28-7-10)19(30)13-8-26-9-17-12(13)3-4-27-17;1-10-6-15(29-33(31,32)11-2-3-14(21)13(7-11)20(22,23)24)17(26-8-10)18(30)16-12-4-5-25-19(12)28-9-27-16/h2-9,30H,1H3,(H,27,29);2-10,28,31H,1H3;1-9,27,29H;2-9,29H,1H3,(H,25,27,28). The highest BCUT2D eigenvalue weighted by molar-refractivity contribution is 7.93. The number of aromatic amines is 3. The van der Waals surface area contributed by atoms with Crippen molar-refractivity contribution in [3.8, 4) is 17.1 Å². The lowest BCUT2D eigenvalue weighted by atomic mass is 10.0. The van der Waals surface area contributed by atoms with E-state index in [9.17, 15) is 111 Å². The number of pyridine rings is 7. The zero-order chi connectivity index (χ0) is 98.3. The van der Waals surface area contributed by atoms with Gasteiger partial charge in [0.2, 0.25) is 23.1 Å². The lowest BCUT2D eigenvalue weighted by Crippen LogP contribution is -2.19. The number of fused-ring (bicyclic) bond motifs is 4. The number of halogens is 18. The van der Waals surface area contributed by atoms with Crippen LogP contribution in [0.2, 0.25) is 30.1 Å². The topological polar surface area (TPSA) is 451 Å². The van der Waals surface area contributed by atoms with Gasteiger partial charge in [0.1, 0.15) is 46.1 Å². The van der Waals surface area contributed by atoms with Gasteiger partial charge >= 0.3 is 24.7 Å². The van der Waals surface area contributed by atoms with Crippen molar-refractivity contribution >= 4 is 189 Å². The molecular weight excluding hydrogens is 2020 g/mol. The van der Waals surface area contributed by atoms with Crippen LogP contribution in [0.15, 0.2) is 228 Å². The number of anilines is 4. The minimum atomic E-state index is -4.88. The number of hydrogen-bond acceptors (Lipinski definition) is 23. The van der Waals surface area contributed by atoms with E-state index in [0.29, 0.717) is 73.2 Å². The van der Waals surface area contributed by atoms with E-state index in [-0.39, 0.29) is 95.1 Å². The van der Waals surface area contributed by atoms with Crippen LogP contribution in [0.3, 0.4) is 0 Å². The first kappa shape index (κ1) is 98.8. The molecule has 4 aromatic carbocycles. The molecular formula is C82H51Cl6F12N17O14S4. The average molecular weight is 2070 g/mol. The molecule has 0 fully saturated rings. The van der Waals surface area contributed by atoms with E-state index < -0.39 is 150 Å². The van der Waals surface area contributed by atoms with Crippen molar-refractivity contribution in [2.75, 3.05) is 26.0 Å². The number of rotatable bonds is 21. The van der Waals surface area contributed by atoms with E-state index in [1.807, 2.05) is 0 Å². The van der Waals surface area contributed by atoms with Crippen molar-refractivity contribution in [1.29, 1.82) is 0 Å². The zero-order valence-electron chi connectivity index (χ0n) is 67.3. The Morgan fingerprint density at radius 2 is 0.844 bits per heavy atom. The molecule has 0 saturated heterocycles. The molecule has 2 aliphatic heterocycles. The van der Waals surface area contributed by atoms with E-state index >= 15 is 0 Å². The van der Waals surface area contributed by atoms with Gasteiger partial charge in [-0.1, -0.05) is 69.6 Å². The monoisotopic (exact) mass is 2060 g/mol. The lowest BCUT2D eigenvalue weighted by molar-refractivity contribution is -0.138. The predicted octanol–water partition coefficient (Wildman–Crippen LogP) is 19.6. The molecule has 0 radical (unpaired) electrons. The summed E-state index contributed by atoms with van der Waals surface area (Å²) in [5, 5.41) is 8.81. The smallest absolute Gasteiger partial charge is 0.417 e. The number of benzene rings is 4. The molecule has 31 nitrogen and oxygen atoms in total. The zero-order valence-corrected chi connectivity index (χ0v) is 75.1. The minimum Gasteiger partial charge on any atom is -0.494 e. The van der Waals surface area contributed by atoms with Crippen LogP contribution in [0, 0.1) is 13.8 Å². The third kappa shape index (κ3) is 21.8. The van der Waals surface area contributed by atoms with Crippen LogP contribution in [-0.2, 0) is 64.8 Å². The Balaban J connectivity index is 0.000000152. The van der Waals surface area contributed by atoms with Crippen LogP contribution in [0.25, 0.3) is 44.4 Å². The largest absolute Gasteiger partial charge is 0.494 e. The Hall–Kier alpha value is -13.7. The second kappa shape index (κ2) is 38.4. The van der Waals surface area contributed by atoms with Crippen molar-refractivity contribution in [2.24, 2.45) is 0 Å². The summed E-state index contributed by atoms with van der Waals surface area (Å²) in [6.07, 6.45) is -3.46. The van der Waals surface area contributed by atoms with Gasteiger partial charge in [-0.25, -0.2) is 63.6 Å². The van der Waals surface area contributed by atoms with Gasteiger partial charge in [0, 0.05) is 88.8 Å². The summed E-state index contributed by atoms with van der Waals surface area (Å²) in [5.41, 5.74) is -4.79. The summed E-state index contributed by atoms with van der Waals surface area (Å²) < 4.78 is 276. The number of hydrogen-bond donors (Lipinski definition) is 8. The van der Waals surface area contributed by atoms with E-state index in [1.54, 1.807) is 50.6 Å². The Kier molecular flexibility index (Phi) is 28.1. The lowest BCUT2D eigenvalue weighted by Gasteiger charge is -2.16. The summed E-state index contributed by atoms with van der Waals surface area (Å²) in [7, 11) is -17.0. The summed E-state index contributed by atoms with van der Waals surface area (Å²) in [4.78, 5) is 95.1. The average Bonchev–Trinajstić information content (AvgIpc) is 1.83. The summed E-state index contributed by atoms with van der Waals surface area (Å²) in [6.45, 7) is 3.28. The molecule has 135 heavy (non-hydrogen) atoms. The molecule has 0 amide bonds. The Morgan fingerprint density at radius 3 is 1.33 bits per heavy atom. The highest BCUT2D eigenvalue weighted by Crippen LogP contribution is 2.43. The first-order valence-electron chi connectivity index (χ1n) is 37.1. The molecule has 53 heteroatoms. The minimum absolute atomic E-state index is 0.000892. The highest BCUT2D eigenvalue weighted by atomic mass is 35.5. The van der Waals surface area contributed by atoms with E-state index in [0.717, 1.165) is 85.6 Å². The van der Waals surface area contributed by atoms with Gasteiger partial charge in [0.15, 0.2) is 11.6 Å². The second-order valence-corrected chi connectivity index (χ2v) is 37.2.